The number of rotatable bonds is 7. The molecule has 138 valence electrons. The van der Waals surface area contributed by atoms with E-state index in [1.165, 1.54) is 31.1 Å². The van der Waals surface area contributed by atoms with Gasteiger partial charge in [0.25, 0.3) is 0 Å². The van der Waals surface area contributed by atoms with Crippen LogP contribution in [0.15, 0.2) is 41.8 Å². The summed E-state index contributed by atoms with van der Waals surface area (Å²) in [4.78, 5) is 25.0. The van der Waals surface area contributed by atoms with Crippen LogP contribution in [0.25, 0.3) is 0 Å². The predicted octanol–water partition coefficient (Wildman–Crippen LogP) is 4.28. The molecule has 0 saturated heterocycles. The van der Waals surface area contributed by atoms with Crippen LogP contribution in [0.5, 0.6) is 5.75 Å². The summed E-state index contributed by atoms with van der Waals surface area (Å²) < 4.78 is 6.07. The number of nitrogens with one attached hydrogen (secondary N) is 2. The molecule has 1 atom stereocenters. The largest absolute Gasteiger partial charge is 0.488 e. The summed E-state index contributed by atoms with van der Waals surface area (Å²) >= 11 is 1.53. The lowest BCUT2D eigenvalue weighted by molar-refractivity contribution is -0.120. The van der Waals surface area contributed by atoms with Crippen molar-refractivity contribution in [3.8, 4) is 5.75 Å². The van der Waals surface area contributed by atoms with Gasteiger partial charge in [-0.2, -0.15) is 0 Å². The molecule has 1 unspecified atom stereocenters. The molecule has 1 aliphatic rings. The fourth-order valence-electron chi connectivity index (χ4n) is 3.20. The van der Waals surface area contributed by atoms with Gasteiger partial charge in [0, 0.05) is 11.8 Å². The molecule has 6 heteroatoms. The van der Waals surface area contributed by atoms with E-state index >= 15 is 0 Å². The first-order chi connectivity index (χ1) is 12.6. The zero-order valence-corrected chi connectivity index (χ0v) is 15.7. The molecule has 0 bridgehead atoms. The first-order valence-corrected chi connectivity index (χ1v) is 9.86. The van der Waals surface area contributed by atoms with Gasteiger partial charge < -0.3 is 15.4 Å². The molecule has 1 saturated carbocycles. The molecule has 2 aromatic rings. The number of benzene rings is 1. The number of ether oxygens (including phenoxy) is 1. The van der Waals surface area contributed by atoms with E-state index in [0.29, 0.717) is 11.4 Å². The molecule has 26 heavy (non-hydrogen) atoms. The number of carbonyl (C=O) groups is 2. The third kappa shape index (κ3) is 5.08. The van der Waals surface area contributed by atoms with Crippen LogP contribution in [-0.4, -0.2) is 17.9 Å². The molecule has 1 aromatic heterocycles. The van der Waals surface area contributed by atoms with Crippen LogP contribution in [0.3, 0.4) is 0 Å². The SMILES string of the molecule is CC(=O)NC(CC(=O)Nc1ccccc1OC1CCCC1)c1cccs1. The van der Waals surface area contributed by atoms with E-state index in [4.69, 9.17) is 4.74 Å². The third-order valence-corrected chi connectivity index (χ3v) is 5.40. The molecule has 5 nitrogen and oxygen atoms in total. The lowest BCUT2D eigenvalue weighted by Crippen LogP contribution is -2.29. The Morgan fingerprint density at radius 1 is 1.19 bits per heavy atom. The average molecular weight is 372 g/mol. The van der Waals surface area contributed by atoms with E-state index in [1.807, 2.05) is 41.8 Å². The summed E-state index contributed by atoms with van der Waals surface area (Å²) in [6, 6.07) is 11.0. The molecule has 1 fully saturated rings. The van der Waals surface area contributed by atoms with Crippen LogP contribution >= 0.6 is 11.3 Å². The highest BCUT2D eigenvalue weighted by Crippen LogP contribution is 2.30. The summed E-state index contributed by atoms with van der Waals surface area (Å²) in [5, 5.41) is 7.73. The Bertz CT molecular complexity index is 739. The molecule has 1 aromatic carbocycles. The number of hydrogen-bond donors (Lipinski definition) is 2. The second-order valence-electron chi connectivity index (χ2n) is 6.54. The van der Waals surface area contributed by atoms with Crippen molar-refractivity contribution < 1.29 is 14.3 Å². The van der Waals surface area contributed by atoms with Gasteiger partial charge in [0.15, 0.2) is 0 Å². The van der Waals surface area contributed by atoms with Crippen molar-refractivity contribution in [2.24, 2.45) is 0 Å². The van der Waals surface area contributed by atoms with Gasteiger partial charge in [-0.05, 0) is 49.3 Å². The second-order valence-corrected chi connectivity index (χ2v) is 7.52. The Kier molecular flexibility index (Phi) is 6.28. The van der Waals surface area contributed by atoms with E-state index in [-0.39, 0.29) is 30.4 Å². The van der Waals surface area contributed by atoms with Gasteiger partial charge in [-0.1, -0.05) is 18.2 Å². The zero-order chi connectivity index (χ0) is 18.4. The predicted molar refractivity (Wildman–Crippen MR) is 103 cm³/mol. The Morgan fingerprint density at radius 2 is 1.96 bits per heavy atom. The van der Waals surface area contributed by atoms with Crippen molar-refractivity contribution in [2.75, 3.05) is 5.32 Å². The molecule has 2 N–H and O–H groups in total. The molecule has 2 amide bonds. The third-order valence-electron chi connectivity index (χ3n) is 4.41. The van der Waals surface area contributed by atoms with E-state index < -0.39 is 0 Å². The molecule has 3 rings (SSSR count). The van der Waals surface area contributed by atoms with Gasteiger partial charge in [0.1, 0.15) is 5.75 Å². The Morgan fingerprint density at radius 3 is 2.65 bits per heavy atom. The topological polar surface area (TPSA) is 67.4 Å². The van der Waals surface area contributed by atoms with Crippen molar-refractivity contribution in [1.29, 1.82) is 0 Å². The van der Waals surface area contributed by atoms with Crippen LogP contribution < -0.4 is 15.4 Å². The number of para-hydroxylation sites is 2. The smallest absolute Gasteiger partial charge is 0.226 e. The quantitative estimate of drug-likeness (QED) is 0.762. The van der Waals surface area contributed by atoms with Crippen molar-refractivity contribution in [3.05, 3.63) is 46.7 Å². The second kappa shape index (κ2) is 8.85. The van der Waals surface area contributed by atoms with Crippen molar-refractivity contribution in [1.82, 2.24) is 5.32 Å². The molecule has 1 aliphatic carbocycles. The minimum Gasteiger partial charge on any atom is -0.488 e. The lowest BCUT2D eigenvalue weighted by Gasteiger charge is -2.19. The monoisotopic (exact) mass is 372 g/mol. The number of anilines is 1. The van der Waals surface area contributed by atoms with Gasteiger partial charge in [0.2, 0.25) is 11.8 Å². The van der Waals surface area contributed by atoms with Crippen LogP contribution in [-0.2, 0) is 9.59 Å². The minimum absolute atomic E-state index is 0.152. The summed E-state index contributed by atoms with van der Waals surface area (Å²) in [5.41, 5.74) is 0.678. The fourth-order valence-corrected chi connectivity index (χ4v) is 3.98. The summed E-state index contributed by atoms with van der Waals surface area (Å²) in [7, 11) is 0. The van der Waals surface area contributed by atoms with Crippen LogP contribution in [0.4, 0.5) is 5.69 Å². The van der Waals surface area contributed by atoms with E-state index in [9.17, 15) is 9.59 Å². The maximum Gasteiger partial charge on any atom is 0.226 e. The van der Waals surface area contributed by atoms with Crippen molar-refractivity contribution in [2.45, 2.75) is 51.2 Å². The van der Waals surface area contributed by atoms with Gasteiger partial charge in [0.05, 0.1) is 24.3 Å². The van der Waals surface area contributed by atoms with Gasteiger partial charge in [-0.3, -0.25) is 9.59 Å². The Hall–Kier alpha value is -2.34. The zero-order valence-electron chi connectivity index (χ0n) is 14.9. The highest BCUT2D eigenvalue weighted by molar-refractivity contribution is 7.10. The first kappa shape index (κ1) is 18.5. The Labute approximate surface area is 157 Å². The molecule has 0 radical (unpaired) electrons. The number of amides is 2. The van der Waals surface area contributed by atoms with Crippen molar-refractivity contribution in [3.63, 3.8) is 0 Å². The summed E-state index contributed by atoms with van der Waals surface area (Å²) in [6.07, 6.45) is 4.91. The highest BCUT2D eigenvalue weighted by atomic mass is 32.1. The van der Waals surface area contributed by atoms with E-state index in [0.717, 1.165) is 17.7 Å². The number of carbonyl (C=O) groups excluding carboxylic acids is 2. The molecular weight excluding hydrogens is 348 g/mol. The molecule has 1 heterocycles. The first-order valence-electron chi connectivity index (χ1n) is 8.98. The fraction of sp³-hybridized carbons (Fsp3) is 0.400. The van der Waals surface area contributed by atoms with Crippen LogP contribution in [0.2, 0.25) is 0 Å². The maximum absolute atomic E-state index is 12.6. The minimum atomic E-state index is -0.324. The van der Waals surface area contributed by atoms with Gasteiger partial charge in [-0.15, -0.1) is 11.3 Å². The number of hydrogen-bond acceptors (Lipinski definition) is 4. The van der Waals surface area contributed by atoms with Gasteiger partial charge in [-0.25, -0.2) is 0 Å². The van der Waals surface area contributed by atoms with Crippen molar-refractivity contribution >= 4 is 28.8 Å². The lowest BCUT2D eigenvalue weighted by atomic mass is 10.1. The maximum atomic E-state index is 12.6. The van der Waals surface area contributed by atoms with Crippen LogP contribution in [0, 0.1) is 0 Å². The molecular formula is C20H24N2O3S. The molecule has 0 aliphatic heterocycles. The standard InChI is InChI=1S/C20H24N2O3S/c1-14(23)21-17(19-11-6-12-26-19)13-20(24)22-16-9-4-5-10-18(16)25-15-7-2-3-8-15/h4-6,9-12,15,17H,2-3,7-8,13H2,1H3,(H,21,23)(H,22,24). The van der Waals surface area contributed by atoms with E-state index in [2.05, 4.69) is 10.6 Å². The summed E-state index contributed by atoms with van der Waals surface area (Å²) in [5.74, 6) is 0.403. The normalized spacial score (nSPS) is 15.4. The molecule has 0 spiro atoms. The van der Waals surface area contributed by atoms with Gasteiger partial charge >= 0.3 is 0 Å². The number of thiophene rings is 1. The van der Waals surface area contributed by atoms with Crippen LogP contribution in [0.1, 0.15) is 49.9 Å². The van der Waals surface area contributed by atoms with E-state index in [1.54, 1.807) is 0 Å². The summed E-state index contributed by atoms with van der Waals surface area (Å²) in [6.45, 7) is 1.46. The average Bonchev–Trinajstić information content (AvgIpc) is 3.29. The highest BCUT2D eigenvalue weighted by Gasteiger charge is 2.21. The Balaban J connectivity index is 1.66.